The van der Waals surface area contributed by atoms with Gasteiger partial charge in [-0.15, -0.1) is 0 Å². The quantitative estimate of drug-likeness (QED) is 0.379. The predicted molar refractivity (Wildman–Crippen MR) is 90.2 cm³/mol. The Hall–Kier alpha value is 0.217. The zero-order valence-electron chi connectivity index (χ0n) is 13.4. The monoisotopic (exact) mass is 344 g/mol. The number of halogens is 1. The van der Waals surface area contributed by atoms with Gasteiger partial charge >= 0.3 is 0 Å². The second-order valence-corrected chi connectivity index (χ2v) is 12.6. The standard InChI is InChI=1S/C16H29BrOSi/c1-7-16(11-9-12-16)14(10-8-13-17)18-19(5,6)15(2,3)4/h14H,7,9,11-13H2,1-6H3. The first-order valence-electron chi connectivity index (χ1n) is 7.41. The Morgan fingerprint density at radius 1 is 1.32 bits per heavy atom. The molecule has 1 atom stereocenters. The van der Waals surface area contributed by atoms with E-state index in [1.165, 1.54) is 25.7 Å². The van der Waals surface area contributed by atoms with Crippen molar-refractivity contribution in [2.24, 2.45) is 5.41 Å². The van der Waals surface area contributed by atoms with Gasteiger partial charge in [-0.05, 0) is 37.4 Å². The maximum absolute atomic E-state index is 6.65. The summed E-state index contributed by atoms with van der Waals surface area (Å²) in [5.41, 5.74) is 0.324. The van der Waals surface area contributed by atoms with Gasteiger partial charge in [0.05, 0.1) is 5.33 Å². The van der Waals surface area contributed by atoms with Gasteiger partial charge in [0.2, 0.25) is 0 Å². The van der Waals surface area contributed by atoms with E-state index in [1.54, 1.807) is 0 Å². The molecule has 0 saturated heterocycles. The molecule has 0 N–H and O–H groups in total. The van der Waals surface area contributed by atoms with Crippen molar-refractivity contribution in [3.63, 3.8) is 0 Å². The van der Waals surface area contributed by atoms with E-state index in [0.717, 1.165) is 5.33 Å². The van der Waals surface area contributed by atoms with E-state index in [-0.39, 0.29) is 11.1 Å². The van der Waals surface area contributed by atoms with Gasteiger partial charge in [0.15, 0.2) is 8.32 Å². The molecule has 1 nitrogen and oxygen atoms in total. The highest BCUT2D eigenvalue weighted by atomic mass is 79.9. The first-order chi connectivity index (χ1) is 8.68. The Morgan fingerprint density at radius 2 is 1.89 bits per heavy atom. The van der Waals surface area contributed by atoms with Crippen LogP contribution in [0.5, 0.6) is 0 Å². The molecule has 1 aliphatic rings. The van der Waals surface area contributed by atoms with Crippen LogP contribution in [0.4, 0.5) is 0 Å². The van der Waals surface area contributed by atoms with Crippen LogP contribution in [0.3, 0.4) is 0 Å². The summed E-state index contributed by atoms with van der Waals surface area (Å²) in [5.74, 6) is 6.60. The number of rotatable bonds is 4. The molecule has 1 fully saturated rings. The molecule has 0 radical (unpaired) electrons. The smallest absolute Gasteiger partial charge is 0.193 e. The van der Waals surface area contributed by atoms with Gasteiger partial charge in [-0.3, -0.25) is 0 Å². The third-order valence-electron chi connectivity index (χ3n) is 5.13. The molecule has 110 valence electrons. The van der Waals surface area contributed by atoms with Crippen molar-refractivity contribution in [2.75, 3.05) is 5.33 Å². The predicted octanol–water partition coefficient (Wildman–Crippen LogP) is 5.36. The largest absolute Gasteiger partial charge is 0.403 e. The Bertz CT molecular complexity index is 350. The molecule has 0 aromatic rings. The fourth-order valence-electron chi connectivity index (χ4n) is 2.34. The maximum Gasteiger partial charge on any atom is 0.193 e. The molecular formula is C16H29BrOSi. The average molecular weight is 345 g/mol. The lowest BCUT2D eigenvalue weighted by molar-refractivity contribution is 0.00478. The van der Waals surface area contributed by atoms with Crippen LogP contribution in [-0.2, 0) is 4.43 Å². The molecule has 0 bridgehead atoms. The van der Waals surface area contributed by atoms with Crippen molar-refractivity contribution in [3.05, 3.63) is 0 Å². The molecule has 3 heteroatoms. The summed E-state index contributed by atoms with van der Waals surface area (Å²) < 4.78 is 6.65. The van der Waals surface area contributed by atoms with Gasteiger partial charge in [-0.1, -0.05) is 61.9 Å². The summed E-state index contributed by atoms with van der Waals surface area (Å²) in [6.07, 6.45) is 5.20. The van der Waals surface area contributed by atoms with Crippen molar-refractivity contribution < 1.29 is 4.43 Å². The van der Waals surface area contributed by atoms with Crippen LogP contribution in [0.25, 0.3) is 0 Å². The van der Waals surface area contributed by atoms with E-state index in [0.29, 0.717) is 5.41 Å². The first-order valence-corrected chi connectivity index (χ1v) is 11.4. The minimum atomic E-state index is -1.74. The average Bonchev–Trinajstić information content (AvgIpc) is 2.22. The lowest BCUT2D eigenvalue weighted by Crippen LogP contribution is -2.51. The highest BCUT2D eigenvalue weighted by Crippen LogP contribution is 2.50. The van der Waals surface area contributed by atoms with E-state index >= 15 is 0 Å². The summed E-state index contributed by atoms with van der Waals surface area (Å²) in [6.45, 7) is 13.8. The number of alkyl halides is 1. The van der Waals surface area contributed by atoms with E-state index in [1.807, 2.05) is 0 Å². The third kappa shape index (κ3) is 3.86. The Balaban J connectivity index is 2.93. The summed E-state index contributed by atoms with van der Waals surface area (Å²) in [7, 11) is -1.74. The van der Waals surface area contributed by atoms with Gasteiger partial charge in [0.1, 0.15) is 6.10 Å². The number of hydrogen-bond donors (Lipinski definition) is 0. The summed E-state index contributed by atoms with van der Waals surface area (Å²) in [6, 6.07) is 0. The van der Waals surface area contributed by atoms with Crippen molar-refractivity contribution in [3.8, 4) is 11.8 Å². The Morgan fingerprint density at radius 3 is 2.21 bits per heavy atom. The van der Waals surface area contributed by atoms with Crippen LogP contribution >= 0.6 is 15.9 Å². The van der Waals surface area contributed by atoms with Gasteiger partial charge in [0, 0.05) is 5.41 Å². The zero-order valence-corrected chi connectivity index (χ0v) is 16.0. The van der Waals surface area contributed by atoms with Crippen LogP contribution in [0, 0.1) is 17.3 Å². The second kappa shape index (κ2) is 6.33. The fourth-order valence-corrected chi connectivity index (χ4v) is 3.76. The molecule has 1 aliphatic carbocycles. The molecule has 0 aromatic heterocycles. The summed E-state index contributed by atoms with van der Waals surface area (Å²) in [4.78, 5) is 0. The minimum absolute atomic E-state index is 0.129. The van der Waals surface area contributed by atoms with Crippen LogP contribution in [-0.4, -0.2) is 19.8 Å². The van der Waals surface area contributed by atoms with Crippen LogP contribution < -0.4 is 0 Å². The zero-order chi connectivity index (χ0) is 14.7. The SMILES string of the molecule is CCC1(C(C#CCBr)O[Si](C)(C)C(C)(C)C)CCC1. The van der Waals surface area contributed by atoms with E-state index in [9.17, 15) is 0 Å². The molecule has 0 spiro atoms. The lowest BCUT2D eigenvalue weighted by Gasteiger charge is -2.49. The highest BCUT2D eigenvalue weighted by molar-refractivity contribution is 9.09. The Labute approximate surface area is 129 Å². The third-order valence-corrected chi connectivity index (χ3v) is 9.85. The van der Waals surface area contributed by atoms with Gasteiger partial charge in [-0.25, -0.2) is 0 Å². The molecule has 0 aliphatic heterocycles. The van der Waals surface area contributed by atoms with Crippen LogP contribution in [0.2, 0.25) is 18.1 Å². The number of hydrogen-bond acceptors (Lipinski definition) is 1. The highest BCUT2D eigenvalue weighted by Gasteiger charge is 2.47. The summed E-state index contributed by atoms with van der Waals surface area (Å²) >= 11 is 3.41. The van der Waals surface area contributed by atoms with Gasteiger partial charge in [0.25, 0.3) is 0 Å². The lowest BCUT2D eigenvalue weighted by atomic mass is 9.63. The Kier molecular flexibility index (Phi) is 5.75. The van der Waals surface area contributed by atoms with Crippen LogP contribution in [0.15, 0.2) is 0 Å². The fraction of sp³-hybridized carbons (Fsp3) is 0.875. The van der Waals surface area contributed by atoms with Gasteiger partial charge in [-0.2, -0.15) is 0 Å². The van der Waals surface area contributed by atoms with Gasteiger partial charge < -0.3 is 4.43 Å². The molecule has 0 aromatic carbocycles. The molecule has 0 heterocycles. The molecule has 19 heavy (non-hydrogen) atoms. The van der Waals surface area contributed by atoms with E-state index in [2.05, 4.69) is 68.6 Å². The molecule has 1 saturated carbocycles. The minimum Gasteiger partial charge on any atom is -0.403 e. The van der Waals surface area contributed by atoms with Crippen molar-refractivity contribution in [2.45, 2.75) is 77.6 Å². The molecule has 1 unspecified atom stereocenters. The molecular weight excluding hydrogens is 316 g/mol. The maximum atomic E-state index is 6.65. The van der Waals surface area contributed by atoms with E-state index in [4.69, 9.17) is 4.43 Å². The van der Waals surface area contributed by atoms with Crippen molar-refractivity contribution in [1.82, 2.24) is 0 Å². The first kappa shape index (κ1) is 17.3. The van der Waals surface area contributed by atoms with Crippen molar-refractivity contribution >= 4 is 24.2 Å². The van der Waals surface area contributed by atoms with Crippen LogP contribution in [0.1, 0.15) is 53.4 Å². The molecule has 0 amide bonds. The molecule has 1 rings (SSSR count). The normalized spacial score (nSPS) is 20.2. The van der Waals surface area contributed by atoms with Crippen molar-refractivity contribution in [1.29, 1.82) is 0 Å². The van der Waals surface area contributed by atoms with E-state index < -0.39 is 8.32 Å². The topological polar surface area (TPSA) is 9.23 Å². The second-order valence-electron chi connectivity index (χ2n) is 7.28. The summed E-state index contributed by atoms with van der Waals surface area (Å²) in [5, 5.41) is 0.990.